The molecule has 6 heteroatoms. The highest BCUT2D eigenvalue weighted by atomic mass is 32.2. The van der Waals surface area contributed by atoms with Gasteiger partial charge in [0.15, 0.2) is 0 Å². The first-order valence-corrected chi connectivity index (χ1v) is 7.59. The van der Waals surface area contributed by atoms with Crippen molar-refractivity contribution in [2.45, 2.75) is 25.7 Å². The summed E-state index contributed by atoms with van der Waals surface area (Å²) in [5.41, 5.74) is 2.07. The SMILES string of the molecule is Cc1ccc(C)c(OS(=O)(=O)c2cc(F)ccc2F)c1C. The van der Waals surface area contributed by atoms with Crippen molar-refractivity contribution in [3.8, 4) is 5.75 Å². The molecule has 0 heterocycles. The van der Waals surface area contributed by atoms with Crippen LogP contribution in [0.3, 0.4) is 0 Å². The predicted molar refractivity (Wildman–Crippen MR) is 74.8 cm³/mol. The Balaban J connectivity index is 2.53. The van der Waals surface area contributed by atoms with Crippen LogP contribution in [0.2, 0.25) is 0 Å². The molecular formula is C15H14F2O3S. The first-order valence-electron chi connectivity index (χ1n) is 6.18. The minimum Gasteiger partial charge on any atom is -0.378 e. The van der Waals surface area contributed by atoms with E-state index in [1.807, 2.05) is 6.07 Å². The van der Waals surface area contributed by atoms with Gasteiger partial charge in [-0.3, -0.25) is 0 Å². The molecule has 0 aliphatic carbocycles. The summed E-state index contributed by atoms with van der Waals surface area (Å²) >= 11 is 0. The summed E-state index contributed by atoms with van der Waals surface area (Å²) in [5.74, 6) is -1.77. The predicted octanol–water partition coefficient (Wildman–Crippen LogP) is 3.66. The monoisotopic (exact) mass is 312 g/mol. The zero-order chi connectivity index (χ0) is 15.8. The van der Waals surface area contributed by atoms with Crippen LogP contribution in [0.1, 0.15) is 16.7 Å². The molecular weight excluding hydrogens is 298 g/mol. The van der Waals surface area contributed by atoms with E-state index in [1.54, 1.807) is 26.8 Å². The summed E-state index contributed by atoms with van der Waals surface area (Å²) in [6, 6.07) is 5.73. The molecule has 0 aliphatic rings. The number of halogens is 2. The van der Waals surface area contributed by atoms with Gasteiger partial charge in [0, 0.05) is 0 Å². The minimum absolute atomic E-state index is 0.138. The minimum atomic E-state index is -4.44. The van der Waals surface area contributed by atoms with Crippen LogP contribution < -0.4 is 4.18 Å². The van der Waals surface area contributed by atoms with E-state index >= 15 is 0 Å². The molecule has 0 amide bonds. The van der Waals surface area contributed by atoms with Gasteiger partial charge in [-0.15, -0.1) is 0 Å². The molecule has 0 fully saturated rings. The van der Waals surface area contributed by atoms with Crippen LogP contribution in [0.4, 0.5) is 8.78 Å². The van der Waals surface area contributed by atoms with Gasteiger partial charge in [0.1, 0.15) is 22.3 Å². The normalized spacial score (nSPS) is 11.5. The second-order valence-corrected chi connectivity index (χ2v) is 6.28. The van der Waals surface area contributed by atoms with E-state index in [0.29, 0.717) is 17.2 Å². The Hall–Kier alpha value is -1.95. The van der Waals surface area contributed by atoms with Gasteiger partial charge in [0.05, 0.1) is 0 Å². The smallest absolute Gasteiger partial charge is 0.342 e. The quantitative estimate of drug-likeness (QED) is 0.812. The highest BCUT2D eigenvalue weighted by Crippen LogP contribution is 2.29. The van der Waals surface area contributed by atoms with Crippen molar-refractivity contribution in [3.63, 3.8) is 0 Å². The molecule has 0 saturated carbocycles. The highest BCUT2D eigenvalue weighted by Gasteiger charge is 2.24. The zero-order valence-electron chi connectivity index (χ0n) is 11.8. The van der Waals surface area contributed by atoms with E-state index in [4.69, 9.17) is 4.18 Å². The zero-order valence-corrected chi connectivity index (χ0v) is 12.6. The number of hydrogen-bond donors (Lipinski definition) is 0. The molecule has 0 aromatic heterocycles. The molecule has 0 saturated heterocycles. The van der Waals surface area contributed by atoms with Gasteiger partial charge in [-0.2, -0.15) is 8.42 Å². The molecule has 0 radical (unpaired) electrons. The standard InChI is InChI=1S/C15H14F2O3S/c1-9-4-5-10(2)15(11(9)3)20-21(18,19)14-8-12(16)6-7-13(14)17/h4-8H,1-3H3. The largest absolute Gasteiger partial charge is 0.378 e. The number of benzene rings is 2. The van der Waals surface area contributed by atoms with Crippen LogP contribution >= 0.6 is 0 Å². The van der Waals surface area contributed by atoms with Crippen LogP contribution in [0, 0.1) is 32.4 Å². The molecule has 2 aromatic carbocycles. The molecule has 3 nitrogen and oxygen atoms in total. The third-order valence-corrected chi connectivity index (χ3v) is 4.47. The van der Waals surface area contributed by atoms with E-state index in [0.717, 1.165) is 17.7 Å². The summed E-state index contributed by atoms with van der Waals surface area (Å²) in [7, 11) is -4.44. The van der Waals surface area contributed by atoms with E-state index in [9.17, 15) is 17.2 Å². The second-order valence-electron chi connectivity index (χ2n) is 4.77. The van der Waals surface area contributed by atoms with Crippen molar-refractivity contribution in [2.75, 3.05) is 0 Å². The summed E-state index contributed by atoms with van der Waals surface area (Å²) in [6.45, 7) is 5.19. The molecule has 21 heavy (non-hydrogen) atoms. The van der Waals surface area contributed by atoms with Gasteiger partial charge in [0.25, 0.3) is 0 Å². The third-order valence-electron chi connectivity index (χ3n) is 3.23. The molecule has 2 aromatic rings. The molecule has 112 valence electrons. The topological polar surface area (TPSA) is 43.4 Å². The second kappa shape index (κ2) is 5.44. The van der Waals surface area contributed by atoms with Gasteiger partial charge in [-0.1, -0.05) is 12.1 Å². The molecule has 0 N–H and O–H groups in total. The van der Waals surface area contributed by atoms with Gasteiger partial charge >= 0.3 is 10.1 Å². The molecule has 2 rings (SSSR count). The lowest BCUT2D eigenvalue weighted by molar-refractivity contribution is 0.470. The molecule has 0 aliphatic heterocycles. The fourth-order valence-electron chi connectivity index (χ4n) is 1.88. The Morgan fingerprint density at radius 2 is 1.57 bits per heavy atom. The Morgan fingerprint density at radius 1 is 0.952 bits per heavy atom. The number of hydrogen-bond acceptors (Lipinski definition) is 3. The lowest BCUT2D eigenvalue weighted by Gasteiger charge is -2.14. The van der Waals surface area contributed by atoms with Crippen LogP contribution in [-0.4, -0.2) is 8.42 Å². The van der Waals surface area contributed by atoms with Gasteiger partial charge in [-0.25, -0.2) is 8.78 Å². The van der Waals surface area contributed by atoms with Gasteiger partial charge in [0.2, 0.25) is 0 Å². The Labute approximate surface area is 122 Å². The van der Waals surface area contributed by atoms with Crippen molar-refractivity contribution >= 4 is 10.1 Å². The average Bonchev–Trinajstić information content (AvgIpc) is 2.42. The van der Waals surface area contributed by atoms with E-state index in [2.05, 4.69) is 0 Å². The van der Waals surface area contributed by atoms with Gasteiger partial charge in [-0.05, 0) is 55.7 Å². The van der Waals surface area contributed by atoms with Crippen LogP contribution in [0.5, 0.6) is 5.75 Å². The number of rotatable bonds is 3. The fraction of sp³-hybridized carbons (Fsp3) is 0.200. The van der Waals surface area contributed by atoms with Crippen molar-refractivity contribution < 1.29 is 21.4 Å². The summed E-state index contributed by atoms with van der Waals surface area (Å²) in [4.78, 5) is -0.817. The van der Waals surface area contributed by atoms with Gasteiger partial charge < -0.3 is 4.18 Å². The first-order chi connectivity index (χ1) is 9.72. The lowest BCUT2D eigenvalue weighted by atomic mass is 10.1. The maximum absolute atomic E-state index is 13.6. The average molecular weight is 312 g/mol. The molecule has 0 atom stereocenters. The van der Waals surface area contributed by atoms with Crippen molar-refractivity contribution in [3.05, 3.63) is 58.7 Å². The summed E-state index contributed by atoms with van der Waals surface area (Å²) < 4.78 is 56.1. The van der Waals surface area contributed by atoms with Crippen molar-refractivity contribution in [1.29, 1.82) is 0 Å². The van der Waals surface area contributed by atoms with Crippen LogP contribution in [0.25, 0.3) is 0 Å². The van der Waals surface area contributed by atoms with Crippen LogP contribution in [0.15, 0.2) is 35.2 Å². The molecule has 0 unspecified atom stereocenters. The maximum atomic E-state index is 13.6. The third kappa shape index (κ3) is 3.05. The fourth-order valence-corrected chi connectivity index (χ4v) is 3.01. The lowest BCUT2D eigenvalue weighted by Crippen LogP contribution is -2.13. The van der Waals surface area contributed by atoms with Crippen molar-refractivity contribution in [2.24, 2.45) is 0 Å². The van der Waals surface area contributed by atoms with E-state index < -0.39 is 26.6 Å². The first kappa shape index (κ1) is 15.4. The number of aryl methyl sites for hydroxylation is 2. The Morgan fingerprint density at radius 3 is 2.24 bits per heavy atom. The van der Waals surface area contributed by atoms with E-state index in [1.165, 1.54) is 0 Å². The maximum Gasteiger partial charge on any atom is 0.342 e. The summed E-state index contributed by atoms with van der Waals surface area (Å²) in [6.07, 6.45) is 0. The Kier molecular flexibility index (Phi) is 4.00. The highest BCUT2D eigenvalue weighted by molar-refractivity contribution is 7.87. The molecule has 0 bridgehead atoms. The van der Waals surface area contributed by atoms with Crippen molar-refractivity contribution in [1.82, 2.24) is 0 Å². The summed E-state index contributed by atoms with van der Waals surface area (Å²) in [5, 5.41) is 0. The van der Waals surface area contributed by atoms with E-state index in [-0.39, 0.29) is 5.75 Å². The Bertz CT molecular complexity index is 799. The van der Waals surface area contributed by atoms with Crippen LogP contribution in [-0.2, 0) is 10.1 Å². The molecule has 0 spiro atoms.